The molecule has 1 aromatic heterocycles. The molecule has 1 fully saturated rings. The van der Waals surface area contributed by atoms with E-state index < -0.39 is 23.7 Å². The van der Waals surface area contributed by atoms with Gasteiger partial charge in [0.2, 0.25) is 6.79 Å². The van der Waals surface area contributed by atoms with Gasteiger partial charge < -0.3 is 19.3 Å². The van der Waals surface area contributed by atoms with E-state index in [0.29, 0.717) is 47.0 Å². The quantitative estimate of drug-likeness (QED) is 0.241. The highest BCUT2D eigenvalue weighted by molar-refractivity contribution is 6.51. The second kappa shape index (κ2) is 9.53. The van der Waals surface area contributed by atoms with Crippen LogP contribution in [0.2, 0.25) is 0 Å². The van der Waals surface area contributed by atoms with Crippen LogP contribution in [0.3, 0.4) is 0 Å². The number of hydrogen-bond acceptors (Lipinski definition) is 8. The number of rotatable bonds is 6. The minimum Gasteiger partial charge on any atom is -0.507 e. The number of aromatic nitrogens is 1. The van der Waals surface area contributed by atoms with Crippen LogP contribution in [0.1, 0.15) is 41.0 Å². The molecule has 2 aliphatic heterocycles. The van der Waals surface area contributed by atoms with Crippen LogP contribution in [-0.2, 0) is 14.3 Å². The lowest BCUT2D eigenvalue weighted by Crippen LogP contribution is -2.29. The highest BCUT2D eigenvalue weighted by Gasteiger charge is 2.47. The number of benzene rings is 2. The Kier molecular flexibility index (Phi) is 6.12. The number of nitrogens with zero attached hydrogens (tertiary/aromatic N) is 2. The van der Waals surface area contributed by atoms with Crippen molar-refractivity contribution in [3.8, 4) is 11.5 Å². The average molecular weight is 486 g/mol. The standard InChI is InChI=1S/C27H22N2O7/c1-2-13-34-27(33)16-6-9-18(10-7-16)29-23(19-5-3-4-12-28-19)22(25(31)26(29)32)24(30)17-8-11-20-21(14-17)36-15-35-20/h3-12,14,23,30H,2,13,15H2,1H3/b24-22-. The van der Waals surface area contributed by atoms with E-state index in [1.807, 2.05) is 6.92 Å². The summed E-state index contributed by atoms with van der Waals surface area (Å²) in [5.41, 5.74) is 1.27. The van der Waals surface area contributed by atoms with Crippen LogP contribution >= 0.6 is 0 Å². The van der Waals surface area contributed by atoms with Crippen LogP contribution in [0.25, 0.3) is 5.76 Å². The van der Waals surface area contributed by atoms with Gasteiger partial charge in [0.1, 0.15) is 11.8 Å². The van der Waals surface area contributed by atoms with Crippen LogP contribution in [0.4, 0.5) is 5.69 Å². The number of carbonyl (C=O) groups excluding carboxylic acids is 3. The number of fused-ring (bicyclic) bond motifs is 1. The Hall–Kier alpha value is -4.66. The zero-order chi connectivity index (χ0) is 25.2. The molecule has 2 aliphatic rings. The number of anilines is 1. The summed E-state index contributed by atoms with van der Waals surface area (Å²) in [6.07, 6.45) is 2.24. The number of hydrogen-bond donors (Lipinski definition) is 1. The van der Waals surface area contributed by atoms with Crippen molar-refractivity contribution < 1.29 is 33.7 Å². The number of Topliss-reactive ketones (excluding diaryl/α,β-unsaturated/α-hetero) is 1. The Balaban J connectivity index is 1.58. The SMILES string of the molecule is CCCOC(=O)c1ccc(N2C(=O)C(=O)/C(=C(\O)c3ccc4c(c3)OCO4)C2c2ccccn2)cc1. The first kappa shape index (κ1) is 23.1. The molecule has 1 unspecified atom stereocenters. The molecule has 1 saturated heterocycles. The van der Waals surface area contributed by atoms with Gasteiger partial charge in [-0.2, -0.15) is 0 Å². The molecular formula is C27H22N2O7. The van der Waals surface area contributed by atoms with Crippen LogP contribution in [0.5, 0.6) is 11.5 Å². The Labute approximate surface area is 206 Å². The summed E-state index contributed by atoms with van der Waals surface area (Å²) in [7, 11) is 0. The Morgan fingerprint density at radius 2 is 1.81 bits per heavy atom. The molecule has 1 amide bonds. The summed E-state index contributed by atoms with van der Waals surface area (Å²) < 4.78 is 15.9. The summed E-state index contributed by atoms with van der Waals surface area (Å²) in [5, 5.41) is 11.2. The third-order valence-corrected chi connectivity index (χ3v) is 5.88. The summed E-state index contributed by atoms with van der Waals surface area (Å²) >= 11 is 0. The third-order valence-electron chi connectivity index (χ3n) is 5.88. The van der Waals surface area contributed by atoms with E-state index in [2.05, 4.69) is 4.98 Å². The molecule has 0 spiro atoms. The van der Waals surface area contributed by atoms with E-state index in [1.165, 1.54) is 17.0 Å². The molecular weight excluding hydrogens is 464 g/mol. The molecule has 182 valence electrons. The highest BCUT2D eigenvalue weighted by Crippen LogP contribution is 2.42. The molecule has 5 rings (SSSR count). The lowest BCUT2D eigenvalue weighted by atomic mass is 9.98. The predicted octanol–water partition coefficient (Wildman–Crippen LogP) is 4.00. The highest BCUT2D eigenvalue weighted by atomic mass is 16.7. The smallest absolute Gasteiger partial charge is 0.338 e. The number of ether oxygens (including phenoxy) is 3. The van der Waals surface area contributed by atoms with Crippen molar-refractivity contribution in [2.45, 2.75) is 19.4 Å². The van der Waals surface area contributed by atoms with Crippen LogP contribution in [-0.4, -0.2) is 41.2 Å². The Bertz CT molecular complexity index is 1370. The van der Waals surface area contributed by atoms with Crippen LogP contribution in [0.15, 0.2) is 72.4 Å². The van der Waals surface area contributed by atoms with Gasteiger partial charge in [0.25, 0.3) is 11.7 Å². The van der Waals surface area contributed by atoms with Gasteiger partial charge in [-0.05, 0) is 61.0 Å². The van der Waals surface area contributed by atoms with Crippen LogP contribution in [0, 0.1) is 0 Å². The van der Waals surface area contributed by atoms with Gasteiger partial charge in [-0.25, -0.2) is 4.79 Å². The molecule has 1 N–H and O–H groups in total. The molecule has 9 nitrogen and oxygen atoms in total. The second-order valence-electron chi connectivity index (χ2n) is 8.17. The topological polar surface area (TPSA) is 115 Å². The fourth-order valence-corrected chi connectivity index (χ4v) is 4.15. The lowest BCUT2D eigenvalue weighted by Gasteiger charge is -2.24. The molecule has 0 aliphatic carbocycles. The van der Waals surface area contributed by atoms with Gasteiger partial charge >= 0.3 is 5.97 Å². The summed E-state index contributed by atoms with van der Waals surface area (Å²) in [6.45, 7) is 2.25. The lowest BCUT2D eigenvalue weighted by molar-refractivity contribution is -0.132. The zero-order valence-electron chi connectivity index (χ0n) is 19.3. The van der Waals surface area contributed by atoms with Gasteiger partial charge in [-0.15, -0.1) is 0 Å². The monoisotopic (exact) mass is 486 g/mol. The maximum atomic E-state index is 13.3. The minimum atomic E-state index is -0.991. The molecule has 0 radical (unpaired) electrons. The van der Waals surface area contributed by atoms with Crippen molar-refractivity contribution >= 4 is 29.1 Å². The molecule has 1 atom stereocenters. The molecule has 0 saturated carbocycles. The number of carbonyl (C=O) groups is 3. The summed E-state index contributed by atoms with van der Waals surface area (Å²) in [4.78, 5) is 44.3. The first-order valence-corrected chi connectivity index (χ1v) is 11.4. The number of aliphatic hydroxyl groups is 1. The molecule has 3 aromatic rings. The zero-order valence-corrected chi connectivity index (χ0v) is 19.3. The van der Waals surface area contributed by atoms with E-state index in [9.17, 15) is 19.5 Å². The normalized spacial score (nSPS) is 17.9. The first-order chi connectivity index (χ1) is 17.5. The fourth-order valence-electron chi connectivity index (χ4n) is 4.15. The van der Waals surface area contributed by atoms with Crippen molar-refractivity contribution in [1.82, 2.24) is 4.98 Å². The van der Waals surface area contributed by atoms with Crippen molar-refractivity contribution in [3.63, 3.8) is 0 Å². The summed E-state index contributed by atoms with van der Waals surface area (Å²) in [6, 6.07) is 15.1. The minimum absolute atomic E-state index is 0.0554. The first-order valence-electron chi connectivity index (χ1n) is 11.4. The maximum absolute atomic E-state index is 13.3. The molecule has 36 heavy (non-hydrogen) atoms. The molecule has 9 heteroatoms. The Morgan fingerprint density at radius 1 is 1.06 bits per heavy atom. The van der Waals surface area contributed by atoms with E-state index in [-0.39, 0.29) is 18.1 Å². The van der Waals surface area contributed by atoms with Gasteiger partial charge in [-0.3, -0.25) is 19.5 Å². The van der Waals surface area contributed by atoms with Crippen molar-refractivity contribution in [3.05, 3.63) is 89.3 Å². The number of ketones is 1. The van der Waals surface area contributed by atoms with E-state index in [0.717, 1.165) is 0 Å². The second-order valence-corrected chi connectivity index (χ2v) is 8.17. The van der Waals surface area contributed by atoms with E-state index in [1.54, 1.807) is 54.7 Å². The van der Waals surface area contributed by atoms with Gasteiger partial charge in [0, 0.05) is 17.4 Å². The average Bonchev–Trinajstić information content (AvgIpc) is 3.49. The van der Waals surface area contributed by atoms with E-state index in [4.69, 9.17) is 14.2 Å². The van der Waals surface area contributed by atoms with E-state index >= 15 is 0 Å². The fraction of sp³-hybridized carbons (Fsp3) is 0.185. The Morgan fingerprint density at radius 3 is 2.53 bits per heavy atom. The van der Waals surface area contributed by atoms with Crippen molar-refractivity contribution in [2.24, 2.45) is 0 Å². The van der Waals surface area contributed by atoms with Crippen molar-refractivity contribution in [2.75, 3.05) is 18.3 Å². The van der Waals surface area contributed by atoms with Crippen LogP contribution < -0.4 is 14.4 Å². The predicted molar refractivity (Wildman–Crippen MR) is 129 cm³/mol. The summed E-state index contributed by atoms with van der Waals surface area (Å²) in [5.74, 6) is -1.57. The number of amides is 1. The maximum Gasteiger partial charge on any atom is 0.338 e. The largest absolute Gasteiger partial charge is 0.507 e. The van der Waals surface area contributed by atoms with Crippen molar-refractivity contribution in [1.29, 1.82) is 0 Å². The molecule has 3 heterocycles. The van der Waals surface area contributed by atoms with Gasteiger partial charge in [0.15, 0.2) is 11.5 Å². The number of aliphatic hydroxyl groups excluding tert-OH is 1. The number of esters is 1. The third kappa shape index (κ3) is 4.04. The molecule has 2 aromatic carbocycles. The molecule has 0 bridgehead atoms. The van der Waals surface area contributed by atoms with Gasteiger partial charge in [-0.1, -0.05) is 13.0 Å². The van der Waals surface area contributed by atoms with Gasteiger partial charge in [0.05, 0.1) is 23.4 Å². The number of pyridine rings is 1.